The minimum absolute atomic E-state index is 0.127. The number of amides is 2. The summed E-state index contributed by atoms with van der Waals surface area (Å²) in [5, 5.41) is 0. The molecule has 9 heteroatoms. The van der Waals surface area contributed by atoms with E-state index in [0.717, 1.165) is 22.4 Å². The third-order valence-corrected chi connectivity index (χ3v) is 7.92. The van der Waals surface area contributed by atoms with Gasteiger partial charge in [0.2, 0.25) is 11.7 Å². The fraction of sp³-hybridized carbons (Fsp3) is 0.333. The molecular weight excluding hydrogens is 536 g/mol. The highest BCUT2D eigenvalue weighted by Crippen LogP contribution is 2.53. The zero-order valence-electron chi connectivity index (χ0n) is 24.8. The van der Waals surface area contributed by atoms with Crippen LogP contribution in [0.15, 0.2) is 60.7 Å². The first-order chi connectivity index (χ1) is 20.4. The summed E-state index contributed by atoms with van der Waals surface area (Å²) in [7, 11) is 7.81. The Balaban J connectivity index is 1.78. The van der Waals surface area contributed by atoms with Gasteiger partial charge in [0, 0.05) is 29.3 Å². The first kappa shape index (κ1) is 28.9. The number of benzene rings is 3. The van der Waals surface area contributed by atoms with Gasteiger partial charge < -0.3 is 28.6 Å². The van der Waals surface area contributed by atoms with Crippen LogP contribution in [0.25, 0.3) is 0 Å². The number of para-hydroxylation sites is 1. The molecule has 0 radical (unpaired) electrons. The van der Waals surface area contributed by atoms with Crippen molar-refractivity contribution in [1.29, 1.82) is 0 Å². The summed E-state index contributed by atoms with van der Waals surface area (Å²) in [4.78, 5) is 32.0. The van der Waals surface area contributed by atoms with Crippen molar-refractivity contribution >= 4 is 17.5 Å². The number of carbonyl (C=O) groups is 2. The van der Waals surface area contributed by atoms with Crippen LogP contribution in [0.5, 0.6) is 28.7 Å². The number of allylic oxidation sites excluding steroid dienone is 1. The molecule has 3 aromatic rings. The largest absolute Gasteiger partial charge is 0.497 e. The van der Waals surface area contributed by atoms with Gasteiger partial charge >= 0.3 is 0 Å². The van der Waals surface area contributed by atoms with Crippen molar-refractivity contribution in [1.82, 2.24) is 4.90 Å². The van der Waals surface area contributed by atoms with Crippen molar-refractivity contribution in [2.24, 2.45) is 0 Å². The average Bonchev–Trinajstić information content (AvgIpc) is 3.22. The lowest BCUT2D eigenvalue weighted by Crippen LogP contribution is -2.50. The smallest absolute Gasteiger partial charge is 0.255 e. The van der Waals surface area contributed by atoms with Crippen molar-refractivity contribution in [3.05, 3.63) is 82.9 Å². The minimum atomic E-state index is -0.983. The highest BCUT2D eigenvalue weighted by atomic mass is 16.5. The van der Waals surface area contributed by atoms with Gasteiger partial charge in [-0.15, -0.1) is 0 Å². The molecule has 42 heavy (non-hydrogen) atoms. The van der Waals surface area contributed by atoms with Gasteiger partial charge in [0.1, 0.15) is 17.5 Å². The van der Waals surface area contributed by atoms with Gasteiger partial charge in [-0.3, -0.25) is 14.5 Å². The van der Waals surface area contributed by atoms with E-state index >= 15 is 0 Å². The molecule has 2 aliphatic heterocycles. The Morgan fingerprint density at radius 2 is 1.64 bits per heavy atom. The Bertz CT molecular complexity index is 1530. The summed E-state index contributed by atoms with van der Waals surface area (Å²) in [6, 6.07) is 13.6. The first-order valence-corrected chi connectivity index (χ1v) is 13.8. The highest BCUT2D eigenvalue weighted by molar-refractivity contribution is 6.04. The van der Waals surface area contributed by atoms with Gasteiger partial charge in [0.25, 0.3) is 5.91 Å². The van der Waals surface area contributed by atoms with Crippen LogP contribution in [0.2, 0.25) is 0 Å². The second-order valence-corrected chi connectivity index (χ2v) is 10.0. The van der Waals surface area contributed by atoms with E-state index in [-0.39, 0.29) is 24.8 Å². The molecule has 5 rings (SSSR count). The lowest BCUT2D eigenvalue weighted by molar-refractivity contribution is -0.141. The topological polar surface area (TPSA) is 86.8 Å². The average molecular weight is 573 g/mol. The Hall–Kier alpha value is -4.66. The number of carbonyl (C=O) groups excluding carboxylic acids is 2. The maximum absolute atomic E-state index is 14.8. The molecule has 2 amide bonds. The highest BCUT2D eigenvalue weighted by Gasteiger charge is 2.47. The number of ether oxygens (including phenoxy) is 5. The SMILES string of the molecule is CCC(=O)N(Cc1ccc(OC)cc1OC)[C@@H]1C(=O)N2c3ccccc3CC=C[C@@H]2c2c1cc(OC)c(OC)c2OC. The number of hydrogen-bond donors (Lipinski definition) is 0. The Labute approximate surface area is 246 Å². The molecule has 2 atom stereocenters. The summed E-state index contributed by atoms with van der Waals surface area (Å²) in [5.74, 6) is 2.04. The van der Waals surface area contributed by atoms with Gasteiger partial charge in [0.15, 0.2) is 11.5 Å². The fourth-order valence-corrected chi connectivity index (χ4v) is 5.95. The van der Waals surface area contributed by atoms with Crippen LogP contribution in [0, 0.1) is 0 Å². The second kappa shape index (κ2) is 12.1. The molecule has 0 aliphatic carbocycles. The van der Waals surface area contributed by atoms with Crippen molar-refractivity contribution in [2.75, 3.05) is 40.4 Å². The Morgan fingerprint density at radius 3 is 2.31 bits per heavy atom. The predicted octanol–water partition coefficient (Wildman–Crippen LogP) is 5.41. The molecule has 9 nitrogen and oxygen atoms in total. The predicted molar refractivity (Wildman–Crippen MR) is 159 cm³/mol. The number of methoxy groups -OCH3 is 5. The van der Waals surface area contributed by atoms with Crippen LogP contribution >= 0.6 is 0 Å². The lowest BCUT2D eigenvalue weighted by Gasteiger charge is -2.44. The van der Waals surface area contributed by atoms with Crippen molar-refractivity contribution in [3.63, 3.8) is 0 Å². The zero-order chi connectivity index (χ0) is 30.0. The number of anilines is 1. The van der Waals surface area contributed by atoms with E-state index in [0.29, 0.717) is 40.7 Å². The maximum Gasteiger partial charge on any atom is 0.255 e. The summed E-state index contributed by atoms with van der Waals surface area (Å²) in [6.07, 6.45) is 4.93. The van der Waals surface area contributed by atoms with E-state index in [2.05, 4.69) is 6.08 Å². The molecule has 0 bridgehead atoms. The van der Waals surface area contributed by atoms with Crippen molar-refractivity contribution < 1.29 is 33.3 Å². The quantitative estimate of drug-likeness (QED) is 0.317. The number of hydrogen-bond acceptors (Lipinski definition) is 7. The van der Waals surface area contributed by atoms with Crippen molar-refractivity contribution in [3.8, 4) is 28.7 Å². The second-order valence-electron chi connectivity index (χ2n) is 10.0. The molecule has 0 saturated carbocycles. The van der Waals surface area contributed by atoms with E-state index in [4.69, 9.17) is 23.7 Å². The van der Waals surface area contributed by atoms with Crippen LogP contribution in [0.3, 0.4) is 0 Å². The molecule has 0 unspecified atom stereocenters. The van der Waals surface area contributed by atoms with Gasteiger partial charge in [0.05, 0.1) is 48.1 Å². The van der Waals surface area contributed by atoms with Gasteiger partial charge in [-0.25, -0.2) is 0 Å². The zero-order valence-corrected chi connectivity index (χ0v) is 24.8. The normalized spacial score (nSPS) is 16.9. The molecule has 2 aliphatic rings. The maximum atomic E-state index is 14.8. The van der Waals surface area contributed by atoms with Crippen molar-refractivity contribution in [2.45, 2.75) is 38.4 Å². The molecule has 0 N–H and O–H groups in total. The summed E-state index contributed by atoms with van der Waals surface area (Å²) in [5.41, 5.74) is 3.89. The number of rotatable bonds is 9. The van der Waals surface area contributed by atoms with Gasteiger partial charge in [-0.2, -0.15) is 0 Å². The van der Waals surface area contributed by atoms with E-state index < -0.39 is 12.1 Å². The number of fused-ring (bicyclic) bond motifs is 5. The van der Waals surface area contributed by atoms with Crippen LogP contribution in [-0.4, -0.2) is 52.3 Å². The number of nitrogens with zero attached hydrogens (tertiary/aromatic N) is 2. The van der Waals surface area contributed by atoms with E-state index in [1.54, 1.807) is 57.3 Å². The van der Waals surface area contributed by atoms with E-state index in [1.807, 2.05) is 42.5 Å². The van der Waals surface area contributed by atoms with Gasteiger partial charge in [-0.1, -0.05) is 37.3 Å². The molecule has 3 aromatic carbocycles. The monoisotopic (exact) mass is 572 g/mol. The molecule has 0 fully saturated rings. The summed E-state index contributed by atoms with van der Waals surface area (Å²) < 4.78 is 28.5. The van der Waals surface area contributed by atoms with Gasteiger partial charge in [-0.05, 0) is 41.8 Å². The third-order valence-electron chi connectivity index (χ3n) is 7.92. The Morgan fingerprint density at radius 1 is 0.905 bits per heavy atom. The molecular formula is C33H36N2O7. The first-order valence-electron chi connectivity index (χ1n) is 13.8. The molecule has 0 spiro atoms. The molecule has 220 valence electrons. The third kappa shape index (κ3) is 4.78. The summed E-state index contributed by atoms with van der Waals surface area (Å²) >= 11 is 0. The minimum Gasteiger partial charge on any atom is -0.497 e. The lowest BCUT2D eigenvalue weighted by atomic mass is 9.85. The van der Waals surface area contributed by atoms with E-state index in [9.17, 15) is 9.59 Å². The standard InChI is InChI=1S/C33H36N2O7/c1-7-28(36)34(19-21-15-16-22(38-2)17-26(21)39-3)30-23-18-27(40-4)31(41-5)32(42-6)29(23)25-14-10-12-20-11-8-9-13-24(20)35(25)33(30)37/h8-11,13-18,25,30H,7,12,19H2,1-6H3/t25-,30+/m1/s1. The molecule has 0 aromatic heterocycles. The van der Waals surface area contributed by atoms with Crippen LogP contribution in [-0.2, 0) is 22.6 Å². The Kier molecular flexibility index (Phi) is 8.29. The molecule has 2 heterocycles. The van der Waals surface area contributed by atoms with Crippen LogP contribution in [0.4, 0.5) is 5.69 Å². The summed E-state index contributed by atoms with van der Waals surface area (Å²) in [6.45, 7) is 1.92. The van der Waals surface area contributed by atoms with Crippen LogP contribution in [0.1, 0.15) is 47.7 Å². The van der Waals surface area contributed by atoms with E-state index in [1.165, 1.54) is 7.11 Å². The molecule has 0 saturated heterocycles. The van der Waals surface area contributed by atoms with Crippen LogP contribution < -0.4 is 28.6 Å². The fourth-order valence-electron chi connectivity index (χ4n) is 5.95.